The van der Waals surface area contributed by atoms with Gasteiger partial charge >= 0.3 is 0 Å². The van der Waals surface area contributed by atoms with E-state index in [0.29, 0.717) is 11.5 Å². The average Bonchev–Trinajstić information content (AvgIpc) is 3.16. The van der Waals surface area contributed by atoms with Crippen LogP contribution >= 0.6 is 0 Å². The van der Waals surface area contributed by atoms with Crippen molar-refractivity contribution < 1.29 is 14.7 Å². The first-order chi connectivity index (χ1) is 11.6. The van der Waals surface area contributed by atoms with Crippen molar-refractivity contribution >= 4 is 17.5 Å². The van der Waals surface area contributed by atoms with Gasteiger partial charge in [0.1, 0.15) is 11.5 Å². The third-order valence-corrected chi connectivity index (χ3v) is 3.60. The fourth-order valence-electron chi connectivity index (χ4n) is 2.38. The zero-order chi connectivity index (χ0) is 17.1. The molecule has 2 amide bonds. The molecule has 2 heterocycles. The topological polar surface area (TPSA) is 111 Å². The summed E-state index contributed by atoms with van der Waals surface area (Å²) in [6.45, 7) is 1.70. The molecule has 0 spiro atoms. The lowest BCUT2D eigenvalue weighted by molar-refractivity contribution is -0.137. The number of imide groups is 1. The van der Waals surface area contributed by atoms with Crippen molar-refractivity contribution in [1.29, 1.82) is 0 Å². The maximum Gasteiger partial charge on any atom is 0.277 e. The molecule has 24 heavy (non-hydrogen) atoms. The molecule has 0 unspecified atom stereocenters. The summed E-state index contributed by atoms with van der Waals surface area (Å²) in [7, 11) is 0. The number of carbonyl (C=O) groups excluding carboxylic acids is 2. The molecule has 0 saturated carbocycles. The van der Waals surface area contributed by atoms with Gasteiger partial charge in [0.15, 0.2) is 5.82 Å². The maximum atomic E-state index is 12.1. The number of hydrogen-bond donors (Lipinski definition) is 3. The molecular formula is C16H17N5O3. The molecule has 0 bridgehead atoms. The molecule has 1 aromatic heterocycles. The van der Waals surface area contributed by atoms with Crippen molar-refractivity contribution in [3.8, 4) is 11.4 Å². The van der Waals surface area contributed by atoms with Gasteiger partial charge in [-0.1, -0.05) is 19.1 Å². The molecule has 1 aromatic carbocycles. The zero-order valence-electron chi connectivity index (χ0n) is 13.1. The first-order valence-corrected chi connectivity index (χ1v) is 7.59. The van der Waals surface area contributed by atoms with E-state index < -0.39 is 11.8 Å². The van der Waals surface area contributed by atoms with Crippen molar-refractivity contribution in [2.75, 3.05) is 18.5 Å². The Labute approximate surface area is 138 Å². The molecule has 3 rings (SSSR count). The van der Waals surface area contributed by atoms with Gasteiger partial charge in [0.2, 0.25) is 0 Å². The SMILES string of the molecule is CCc1nc(-c2cccc(NC3=CC(=O)N(CCO)C3=O)c2)n[nH]1. The van der Waals surface area contributed by atoms with Crippen molar-refractivity contribution in [3.63, 3.8) is 0 Å². The Balaban J connectivity index is 1.79. The third-order valence-electron chi connectivity index (χ3n) is 3.60. The van der Waals surface area contributed by atoms with Crippen LogP contribution in [0.15, 0.2) is 36.0 Å². The normalized spacial score (nSPS) is 14.2. The molecule has 0 saturated heterocycles. The smallest absolute Gasteiger partial charge is 0.277 e. The van der Waals surface area contributed by atoms with Gasteiger partial charge in [-0.05, 0) is 12.1 Å². The number of benzene rings is 1. The number of rotatable bonds is 6. The number of aryl methyl sites for hydroxylation is 1. The number of H-pyrrole nitrogens is 1. The van der Waals surface area contributed by atoms with Gasteiger partial charge in [0.05, 0.1) is 13.2 Å². The second-order valence-electron chi connectivity index (χ2n) is 5.24. The summed E-state index contributed by atoms with van der Waals surface area (Å²) in [5, 5.41) is 18.9. The van der Waals surface area contributed by atoms with Crippen LogP contribution in [0.25, 0.3) is 11.4 Å². The summed E-state index contributed by atoms with van der Waals surface area (Å²) in [5.41, 5.74) is 1.61. The Bertz CT molecular complexity index is 812. The molecule has 2 aromatic rings. The first-order valence-electron chi connectivity index (χ1n) is 7.59. The number of carbonyl (C=O) groups is 2. The van der Waals surface area contributed by atoms with E-state index in [4.69, 9.17) is 5.11 Å². The van der Waals surface area contributed by atoms with Gasteiger partial charge in [0, 0.05) is 23.7 Å². The Morgan fingerprint density at radius 3 is 2.88 bits per heavy atom. The minimum Gasteiger partial charge on any atom is -0.395 e. The van der Waals surface area contributed by atoms with E-state index in [1.54, 1.807) is 12.1 Å². The Morgan fingerprint density at radius 2 is 2.17 bits per heavy atom. The summed E-state index contributed by atoms with van der Waals surface area (Å²) in [5.74, 6) is 0.474. The molecule has 0 radical (unpaired) electrons. The molecular weight excluding hydrogens is 310 g/mol. The Kier molecular flexibility index (Phi) is 4.39. The van der Waals surface area contributed by atoms with Crippen molar-refractivity contribution in [3.05, 3.63) is 41.9 Å². The maximum absolute atomic E-state index is 12.1. The van der Waals surface area contributed by atoms with Crippen LogP contribution in [0.5, 0.6) is 0 Å². The second-order valence-corrected chi connectivity index (χ2v) is 5.24. The lowest BCUT2D eigenvalue weighted by Gasteiger charge is -2.13. The quantitative estimate of drug-likeness (QED) is 0.673. The highest BCUT2D eigenvalue weighted by Crippen LogP contribution is 2.22. The number of amides is 2. The summed E-state index contributed by atoms with van der Waals surface area (Å²) >= 11 is 0. The lowest BCUT2D eigenvalue weighted by Crippen LogP contribution is -2.34. The zero-order valence-corrected chi connectivity index (χ0v) is 13.1. The largest absolute Gasteiger partial charge is 0.395 e. The Hall–Kier alpha value is -3.00. The van der Waals surface area contributed by atoms with Crippen LogP contribution in [0, 0.1) is 0 Å². The first kappa shape index (κ1) is 15.9. The number of nitrogens with zero attached hydrogens (tertiary/aromatic N) is 3. The summed E-state index contributed by atoms with van der Waals surface area (Å²) in [6, 6.07) is 7.26. The minimum absolute atomic E-state index is 0.0175. The molecule has 0 aliphatic carbocycles. The van der Waals surface area contributed by atoms with Crippen LogP contribution < -0.4 is 5.32 Å². The molecule has 8 nitrogen and oxygen atoms in total. The van der Waals surface area contributed by atoms with Crippen LogP contribution in [0.1, 0.15) is 12.7 Å². The van der Waals surface area contributed by atoms with Crippen LogP contribution in [0.4, 0.5) is 5.69 Å². The predicted molar refractivity (Wildman–Crippen MR) is 86.7 cm³/mol. The number of aliphatic hydroxyl groups excluding tert-OH is 1. The van der Waals surface area contributed by atoms with Crippen molar-refractivity contribution in [2.45, 2.75) is 13.3 Å². The second kappa shape index (κ2) is 6.63. The van der Waals surface area contributed by atoms with Crippen molar-refractivity contribution in [1.82, 2.24) is 20.1 Å². The van der Waals surface area contributed by atoms with E-state index in [1.165, 1.54) is 6.08 Å². The van der Waals surface area contributed by atoms with Gasteiger partial charge in [-0.15, -0.1) is 0 Å². The highest BCUT2D eigenvalue weighted by Gasteiger charge is 2.30. The minimum atomic E-state index is -0.453. The van der Waals surface area contributed by atoms with Gasteiger partial charge in [0.25, 0.3) is 11.8 Å². The summed E-state index contributed by atoms with van der Waals surface area (Å²) in [4.78, 5) is 29.3. The molecule has 124 valence electrons. The molecule has 0 atom stereocenters. The standard InChI is InChI=1S/C16H17N5O3/c1-2-13-18-15(20-19-13)10-4-3-5-11(8-10)17-12-9-14(23)21(6-7-22)16(12)24/h3-5,8-9,17,22H,2,6-7H2,1H3,(H,18,19,20). The van der Waals surface area contributed by atoms with Crippen LogP contribution in [0.2, 0.25) is 0 Å². The molecule has 1 aliphatic rings. The molecule has 1 aliphatic heterocycles. The number of aromatic amines is 1. The molecule has 8 heteroatoms. The van der Waals surface area contributed by atoms with Gasteiger partial charge < -0.3 is 10.4 Å². The van der Waals surface area contributed by atoms with Crippen LogP contribution in [-0.2, 0) is 16.0 Å². The van der Waals surface area contributed by atoms with E-state index >= 15 is 0 Å². The Morgan fingerprint density at radius 1 is 1.33 bits per heavy atom. The summed E-state index contributed by atoms with van der Waals surface area (Å²) in [6.07, 6.45) is 1.99. The fourth-order valence-corrected chi connectivity index (χ4v) is 2.38. The van der Waals surface area contributed by atoms with E-state index in [0.717, 1.165) is 22.7 Å². The van der Waals surface area contributed by atoms with Gasteiger partial charge in [-0.25, -0.2) is 4.98 Å². The van der Waals surface area contributed by atoms with E-state index in [-0.39, 0.29) is 18.8 Å². The molecule has 0 fully saturated rings. The number of anilines is 1. The third kappa shape index (κ3) is 3.04. The predicted octanol–water partition coefficient (Wildman–Crippen LogP) is 0.691. The number of aliphatic hydroxyl groups is 1. The summed E-state index contributed by atoms with van der Waals surface area (Å²) < 4.78 is 0. The monoisotopic (exact) mass is 327 g/mol. The number of β-amino-alcohol motifs (C(OH)–C–C–N with tert-alkyl or cyclic N) is 1. The van der Waals surface area contributed by atoms with Gasteiger partial charge in [-0.3, -0.25) is 19.6 Å². The van der Waals surface area contributed by atoms with Crippen LogP contribution in [0.3, 0.4) is 0 Å². The fraction of sp³-hybridized carbons (Fsp3) is 0.250. The lowest BCUT2D eigenvalue weighted by atomic mass is 10.2. The number of nitrogens with one attached hydrogen (secondary N) is 2. The number of hydrogen-bond acceptors (Lipinski definition) is 6. The highest BCUT2D eigenvalue weighted by atomic mass is 16.3. The van der Waals surface area contributed by atoms with Gasteiger partial charge in [-0.2, -0.15) is 5.10 Å². The van der Waals surface area contributed by atoms with E-state index in [1.807, 2.05) is 19.1 Å². The number of aromatic nitrogens is 3. The van der Waals surface area contributed by atoms with E-state index in [9.17, 15) is 9.59 Å². The highest BCUT2D eigenvalue weighted by molar-refractivity contribution is 6.17. The average molecular weight is 327 g/mol. The van der Waals surface area contributed by atoms with Crippen molar-refractivity contribution in [2.24, 2.45) is 0 Å². The van der Waals surface area contributed by atoms with Crippen LogP contribution in [-0.4, -0.2) is 50.2 Å². The van der Waals surface area contributed by atoms with E-state index in [2.05, 4.69) is 20.5 Å². The molecule has 3 N–H and O–H groups in total.